The normalized spacial score (nSPS) is 11.4. The van der Waals surface area contributed by atoms with Crippen molar-refractivity contribution < 1.29 is 31.4 Å². The molecule has 0 aliphatic heterocycles. The smallest absolute Gasteiger partial charge is 0.390 e. The number of aliphatic hydroxyl groups excluding tert-OH is 1. The number of aromatic nitrogens is 3. The second kappa shape index (κ2) is 12.6. The lowest BCUT2D eigenvalue weighted by atomic mass is 10.2. The molecule has 1 N–H and O–H groups in total. The number of rotatable bonds is 7. The van der Waals surface area contributed by atoms with Crippen molar-refractivity contribution in [3.63, 3.8) is 0 Å². The van der Waals surface area contributed by atoms with E-state index >= 15 is 0 Å². The van der Waals surface area contributed by atoms with Crippen LogP contribution in [-0.4, -0.2) is 31.1 Å². The fourth-order valence-corrected chi connectivity index (χ4v) is 3.46. The summed E-state index contributed by atoms with van der Waals surface area (Å²) in [4.78, 5) is 2.81. The molecule has 1 heterocycles. The van der Waals surface area contributed by atoms with Gasteiger partial charge in [0, 0.05) is 14.7 Å². The summed E-state index contributed by atoms with van der Waals surface area (Å²) in [5.41, 5.74) is 1.43. The fourth-order valence-electron chi connectivity index (χ4n) is 2.38. The van der Waals surface area contributed by atoms with Crippen LogP contribution >= 0.6 is 23.5 Å². The van der Waals surface area contributed by atoms with Crippen LogP contribution in [0.1, 0.15) is 16.8 Å². The molecule has 0 bridgehead atoms. The lowest BCUT2D eigenvalue weighted by Crippen LogP contribution is -2.01. The van der Waals surface area contributed by atoms with Crippen LogP contribution in [0.25, 0.3) is 10.4 Å². The SMILES string of the molecule is OCc1cn(Cc2ccc(SC(F)(F)F)cc2)nn1.[N-]=[N+]=NCc1ccc(SC(F)(F)F)cc1. The van der Waals surface area contributed by atoms with Crippen molar-refractivity contribution in [2.45, 2.75) is 40.5 Å². The molecule has 0 unspecified atom stereocenters. The van der Waals surface area contributed by atoms with Gasteiger partial charge in [-0.1, -0.05) is 34.6 Å². The number of aliphatic hydroxyl groups is 1. The summed E-state index contributed by atoms with van der Waals surface area (Å²) in [6.07, 6.45) is 1.58. The van der Waals surface area contributed by atoms with Crippen LogP contribution in [-0.2, 0) is 19.7 Å². The minimum atomic E-state index is -4.27. The number of hydrogen-bond acceptors (Lipinski definition) is 6. The third-order valence-corrected chi connectivity index (χ3v) is 5.20. The van der Waals surface area contributed by atoms with E-state index in [1.54, 1.807) is 18.3 Å². The zero-order valence-electron chi connectivity index (χ0n) is 17.0. The number of hydrogen-bond donors (Lipinski definition) is 1. The molecule has 0 radical (unpaired) electrons. The molecule has 0 aliphatic carbocycles. The third-order valence-electron chi connectivity index (χ3n) is 3.72. The minimum Gasteiger partial charge on any atom is -0.390 e. The van der Waals surface area contributed by atoms with Crippen molar-refractivity contribution in [2.75, 3.05) is 0 Å². The largest absolute Gasteiger partial charge is 0.446 e. The second-order valence-corrected chi connectivity index (χ2v) is 8.61. The molecule has 1 aromatic heterocycles. The Morgan fingerprint density at radius 3 is 1.79 bits per heavy atom. The summed E-state index contributed by atoms with van der Waals surface area (Å²) in [7, 11) is 0. The van der Waals surface area contributed by atoms with Crippen LogP contribution in [0.15, 0.2) is 69.6 Å². The number of thioether (sulfide) groups is 2. The Bertz CT molecular complexity index is 1080. The number of nitrogens with zero attached hydrogens (tertiary/aromatic N) is 6. The standard InChI is InChI=1S/C11H10F3N3OS.C8H6F3N3S/c12-11(13,14)19-10-3-1-8(2-4-10)5-17-6-9(7-18)15-16-17;9-8(10,11)15-7-3-1-6(2-4-7)5-13-14-12/h1-4,6,18H,5,7H2;1-4H,5H2. The van der Waals surface area contributed by atoms with Gasteiger partial charge in [-0.2, -0.15) is 26.3 Å². The molecule has 0 saturated carbocycles. The van der Waals surface area contributed by atoms with Gasteiger partial charge in [0.15, 0.2) is 0 Å². The highest BCUT2D eigenvalue weighted by Gasteiger charge is 2.29. The van der Waals surface area contributed by atoms with Gasteiger partial charge in [-0.15, -0.1) is 5.10 Å². The van der Waals surface area contributed by atoms with Crippen molar-refractivity contribution in [2.24, 2.45) is 5.11 Å². The maximum absolute atomic E-state index is 12.1. The van der Waals surface area contributed by atoms with Crippen LogP contribution in [0.4, 0.5) is 26.3 Å². The topological polar surface area (TPSA) is 99.7 Å². The van der Waals surface area contributed by atoms with Crippen LogP contribution in [0, 0.1) is 0 Å². The average Bonchev–Trinajstić information content (AvgIpc) is 3.21. The Morgan fingerprint density at radius 1 is 0.882 bits per heavy atom. The van der Waals surface area contributed by atoms with Crippen molar-refractivity contribution in [1.29, 1.82) is 0 Å². The molecule has 34 heavy (non-hydrogen) atoms. The highest BCUT2D eigenvalue weighted by atomic mass is 32.2. The minimum absolute atomic E-state index is 0.118. The maximum Gasteiger partial charge on any atom is 0.446 e. The first-order valence-electron chi connectivity index (χ1n) is 9.17. The molecule has 7 nitrogen and oxygen atoms in total. The lowest BCUT2D eigenvalue weighted by Gasteiger charge is -2.06. The average molecular weight is 523 g/mol. The Kier molecular flexibility index (Phi) is 10.1. The van der Waals surface area contributed by atoms with E-state index in [2.05, 4.69) is 20.3 Å². The van der Waals surface area contributed by atoms with Gasteiger partial charge in [-0.05, 0) is 64.4 Å². The molecule has 2 aromatic carbocycles. The zero-order chi connectivity index (χ0) is 25.2. The summed E-state index contributed by atoms with van der Waals surface area (Å²) in [5.74, 6) is 0. The number of benzene rings is 2. The van der Waals surface area contributed by atoms with Gasteiger partial charge >= 0.3 is 11.0 Å². The van der Waals surface area contributed by atoms with Crippen molar-refractivity contribution in [1.82, 2.24) is 15.0 Å². The Hall–Kier alpha value is -2.87. The van der Waals surface area contributed by atoms with E-state index in [1.807, 2.05) is 0 Å². The molecule has 182 valence electrons. The quantitative estimate of drug-likeness (QED) is 0.125. The molecule has 0 amide bonds. The molecule has 3 rings (SSSR count). The first-order valence-corrected chi connectivity index (χ1v) is 10.8. The molecular formula is C19H16F6N6OS2. The third kappa shape index (κ3) is 10.8. The molecule has 15 heteroatoms. The van der Waals surface area contributed by atoms with E-state index in [9.17, 15) is 26.3 Å². The van der Waals surface area contributed by atoms with E-state index in [-0.39, 0.29) is 46.5 Å². The van der Waals surface area contributed by atoms with E-state index in [4.69, 9.17) is 10.6 Å². The van der Waals surface area contributed by atoms with Crippen molar-refractivity contribution in [3.8, 4) is 0 Å². The summed E-state index contributed by atoms with van der Waals surface area (Å²) in [6, 6.07) is 11.7. The molecule has 0 atom stereocenters. The second-order valence-electron chi connectivity index (χ2n) is 6.34. The predicted octanol–water partition coefficient (Wildman–Crippen LogP) is 6.54. The molecular weight excluding hydrogens is 506 g/mol. The van der Waals surface area contributed by atoms with E-state index < -0.39 is 11.0 Å². The molecule has 0 aliphatic rings. The van der Waals surface area contributed by atoms with Gasteiger partial charge in [0.05, 0.1) is 25.9 Å². The number of azide groups is 1. The van der Waals surface area contributed by atoms with Gasteiger partial charge in [-0.3, -0.25) is 0 Å². The molecule has 0 spiro atoms. The zero-order valence-corrected chi connectivity index (χ0v) is 18.7. The van der Waals surface area contributed by atoms with Crippen LogP contribution in [0.3, 0.4) is 0 Å². The number of alkyl halides is 6. The van der Waals surface area contributed by atoms with Gasteiger partial charge in [0.1, 0.15) is 5.69 Å². The van der Waals surface area contributed by atoms with E-state index in [1.165, 1.54) is 41.1 Å². The summed E-state index contributed by atoms with van der Waals surface area (Å²) < 4.78 is 73.8. The van der Waals surface area contributed by atoms with Gasteiger partial charge in [0.2, 0.25) is 0 Å². The fraction of sp³-hybridized carbons (Fsp3) is 0.263. The van der Waals surface area contributed by atoms with Crippen molar-refractivity contribution >= 4 is 23.5 Å². The van der Waals surface area contributed by atoms with E-state index in [0.717, 1.165) is 5.56 Å². The Balaban J connectivity index is 0.000000248. The van der Waals surface area contributed by atoms with Crippen LogP contribution < -0.4 is 0 Å². The molecule has 0 fully saturated rings. The first kappa shape index (κ1) is 27.4. The lowest BCUT2D eigenvalue weighted by molar-refractivity contribution is -0.0337. The highest BCUT2D eigenvalue weighted by Crippen LogP contribution is 2.37. The van der Waals surface area contributed by atoms with Crippen LogP contribution in [0.5, 0.6) is 0 Å². The van der Waals surface area contributed by atoms with E-state index in [0.29, 0.717) is 17.8 Å². The summed E-state index contributed by atoms with van der Waals surface area (Å²) >= 11 is -0.314. The maximum atomic E-state index is 12.1. The first-order chi connectivity index (χ1) is 16.0. The van der Waals surface area contributed by atoms with Gasteiger partial charge in [0.25, 0.3) is 0 Å². The predicted molar refractivity (Wildman–Crippen MR) is 115 cm³/mol. The summed E-state index contributed by atoms with van der Waals surface area (Å²) in [5, 5.41) is 19.6. The monoisotopic (exact) mass is 522 g/mol. The van der Waals surface area contributed by atoms with Crippen molar-refractivity contribution in [3.05, 3.63) is 82.0 Å². The highest BCUT2D eigenvalue weighted by molar-refractivity contribution is 8.00. The Morgan fingerprint density at radius 2 is 1.38 bits per heavy atom. The van der Waals surface area contributed by atoms with Gasteiger partial charge < -0.3 is 5.11 Å². The van der Waals surface area contributed by atoms with Gasteiger partial charge in [-0.25, -0.2) is 4.68 Å². The van der Waals surface area contributed by atoms with Crippen LogP contribution in [0.2, 0.25) is 0 Å². The number of halogens is 6. The summed E-state index contributed by atoms with van der Waals surface area (Å²) in [6.45, 7) is 0.346. The molecule has 0 saturated heterocycles. The Labute approximate surface area is 197 Å². The molecule has 3 aromatic rings.